The van der Waals surface area contributed by atoms with Gasteiger partial charge in [0.05, 0.1) is 12.7 Å². The van der Waals surface area contributed by atoms with Gasteiger partial charge >= 0.3 is 29.6 Å². The van der Waals surface area contributed by atoms with Crippen LogP contribution in [0.3, 0.4) is 0 Å². The minimum atomic E-state index is -4.59. The summed E-state index contributed by atoms with van der Waals surface area (Å²) in [5, 5.41) is 11.3. The molecule has 5 nitrogen and oxygen atoms in total. The predicted molar refractivity (Wildman–Crippen MR) is 115 cm³/mol. The van der Waals surface area contributed by atoms with E-state index in [9.17, 15) is 18.1 Å². The first-order valence-corrected chi connectivity index (χ1v) is 13.7. The van der Waals surface area contributed by atoms with Gasteiger partial charge in [0.1, 0.15) is 0 Å². The van der Waals surface area contributed by atoms with Crippen molar-refractivity contribution in [2.75, 3.05) is 6.61 Å². The molecule has 4 aliphatic rings. The number of rotatable bonds is 6. The molecule has 0 saturated heterocycles. The van der Waals surface area contributed by atoms with E-state index in [0.717, 1.165) is 12.8 Å². The van der Waals surface area contributed by atoms with Gasteiger partial charge in [-0.05, 0) is 104 Å². The van der Waals surface area contributed by atoms with Gasteiger partial charge in [0.15, 0.2) is 0 Å². The second-order valence-electron chi connectivity index (χ2n) is 11.6. The molecule has 0 heterocycles. The number of hydrogen-bond acceptors (Lipinski definition) is 5. The largest absolute Gasteiger partial charge is 1.00 e. The van der Waals surface area contributed by atoms with Crippen molar-refractivity contribution in [3.63, 3.8) is 0 Å². The normalized spacial score (nSPS) is 45.7. The molecule has 0 amide bonds. The third kappa shape index (κ3) is 4.97. The molecule has 0 aromatic heterocycles. The van der Waals surface area contributed by atoms with Crippen LogP contribution in [0.25, 0.3) is 0 Å². The topological polar surface area (TPSA) is 86.7 Å². The molecule has 0 aliphatic heterocycles. The summed E-state index contributed by atoms with van der Waals surface area (Å²) in [6, 6.07) is 0. The first-order valence-electron chi connectivity index (χ1n) is 12.3. The molecule has 4 rings (SSSR count). The molecule has 3 unspecified atom stereocenters. The van der Waals surface area contributed by atoms with Crippen LogP contribution in [-0.4, -0.2) is 30.8 Å². The van der Waals surface area contributed by atoms with E-state index in [4.69, 9.17) is 0 Å². The van der Waals surface area contributed by atoms with Gasteiger partial charge in [0, 0.05) is 0 Å². The fraction of sp³-hybridized carbons (Fsp3) is 1.00. The van der Waals surface area contributed by atoms with Gasteiger partial charge in [-0.3, -0.25) is 4.18 Å². The number of aliphatic hydroxyl groups is 1. The van der Waals surface area contributed by atoms with E-state index in [1.165, 1.54) is 51.4 Å². The second-order valence-corrected chi connectivity index (χ2v) is 12.7. The summed E-state index contributed by atoms with van der Waals surface area (Å²) in [6.07, 6.45) is 12.6. The summed E-state index contributed by atoms with van der Waals surface area (Å²) >= 11 is 0. The van der Waals surface area contributed by atoms with Crippen molar-refractivity contribution < 1.29 is 51.8 Å². The Morgan fingerprint density at radius 3 is 2.48 bits per heavy atom. The average molecular weight is 465 g/mol. The van der Waals surface area contributed by atoms with Crippen LogP contribution < -0.4 is 29.6 Å². The third-order valence-electron chi connectivity index (χ3n) is 10.4. The fourth-order valence-corrected chi connectivity index (χ4v) is 9.32. The SMILES string of the molecule is C[C@H](CCCOS(=O)(=O)[O-])[C@H]1CCC2C3C(CC[C@@]21C)[C@@]1(C)CCCC[C@H]1C[C@H]3O.[Na+]. The van der Waals surface area contributed by atoms with E-state index in [2.05, 4.69) is 25.0 Å². The van der Waals surface area contributed by atoms with Crippen molar-refractivity contribution in [1.82, 2.24) is 0 Å². The van der Waals surface area contributed by atoms with E-state index in [1.807, 2.05) is 0 Å². The summed E-state index contributed by atoms with van der Waals surface area (Å²) in [5.41, 5.74) is 0.694. The minimum absolute atomic E-state index is 0. The third-order valence-corrected chi connectivity index (χ3v) is 10.8. The zero-order chi connectivity index (χ0) is 21.7. The minimum Gasteiger partial charge on any atom is -0.726 e. The molecule has 174 valence electrons. The molecule has 0 aromatic rings. The molecular formula is C24H41NaO5S. The second kappa shape index (κ2) is 9.83. The van der Waals surface area contributed by atoms with Crippen LogP contribution in [0.1, 0.15) is 91.4 Å². The first-order chi connectivity index (χ1) is 14.1. The van der Waals surface area contributed by atoms with E-state index < -0.39 is 10.4 Å². The van der Waals surface area contributed by atoms with Gasteiger partial charge in [-0.25, -0.2) is 8.42 Å². The summed E-state index contributed by atoms with van der Waals surface area (Å²) in [5.74, 6) is 3.53. The van der Waals surface area contributed by atoms with Gasteiger partial charge in [-0.2, -0.15) is 0 Å². The molecule has 0 bridgehead atoms. The molecule has 0 spiro atoms. The average Bonchev–Trinajstić information content (AvgIpc) is 3.02. The van der Waals surface area contributed by atoms with E-state index >= 15 is 0 Å². The van der Waals surface area contributed by atoms with Crippen molar-refractivity contribution in [1.29, 1.82) is 0 Å². The smallest absolute Gasteiger partial charge is 0.726 e. The summed E-state index contributed by atoms with van der Waals surface area (Å²) in [7, 11) is -4.59. The zero-order valence-corrected chi connectivity index (χ0v) is 22.8. The van der Waals surface area contributed by atoms with Crippen molar-refractivity contribution >= 4 is 10.4 Å². The fourth-order valence-electron chi connectivity index (χ4n) is 9.00. The maximum atomic E-state index is 11.3. The van der Waals surface area contributed by atoms with Crippen molar-refractivity contribution in [3.05, 3.63) is 0 Å². The molecule has 7 heteroatoms. The molecule has 9 atom stereocenters. The molecule has 0 aromatic carbocycles. The Morgan fingerprint density at radius 1 is 1.06 bits per heavy atom. The van der Waals surface area contributed by atoms with Crippen LogP contribution in [0.2, 0.25) is 0 Å². The van der Waals surface area contributed by atoms with Gasteiger partial charge in [0.2, 0.25) is 10.4 Å². The molecular weight excluding hydrogens is 423 g/mol. The molecule has 0 radical (unpaired) electrons. The van der Waals surface area contributed by atoms with Gasteiger partial charge in [-0.1, -0.05) is 33.6 Å². The molecule has 4 aliphatic carbocycles. The van der Waals surface area contributed by atoms with E-state index in [0.29, 0.717) is 47.3 Å². The Hall–Kier alpha value is 0.830. The summed E-state index contributed by atoms with van der Waals surface area (Å²) < 4.78 is 36.4. The van der Waals surface area contributed by atoms with Crippen LogP contribution in [0.5, 0.6) is 0 Å². The van der Waals surface area contributed by atoms with Crippen LogP contribution >= 0.6 is 0 Å². The van der Waals surface area contributed by atoms with Gasteiger partial charge in [-0.15, -0.1) is 0 Å². The van der Waals surface area contributed by atoms with Crippen LogP contribution in [0, 0.1) is 46.3 Å². The first kappa shape index (κ1) is 26.4. The monoisotopic (exact) mass is 464 g/mol. The maximum Gasteiger partial charge on any atom is 1.00 e. The van der Waals surface area contributed by atoms with E-state index in [-0.39, 0.29) is 47.7 Å². The summed E-state index contributed by atoms with van der Waals surface area (Å²) in [6.45, 7) is 7.29. The molecule has 1 N–H and O–H groups in total. The Kier molecular flexibility index (Phi) is 8.38. The van der Waals surface area contributed by atoms with Crippen molar-refractivity contribution in [3.8, 4) is 0 Å². The molecule has 4 saturated carbocycles. The number of aliphatic hydroxyl groups excluding tert-OH is 1. The molecule has 31 heavy (non-hydrogen) atoms. The Morgan fingerprint density at radius 2 is 1.77 bits per heavy atom. The standard InChI is InChI=1S/C24H42O5S.Na/c1-16(7-6-14-29-30(26,27)28)18-9-10-19-22-20(11-13-24(18,19)3)23(2)12-5-4-8-17(23)15-21(22)25;/h16-22,25H,4-15H2,1-3H3,(H,26,27,28);/q;+1/p-1/t16-,17+,18-,19?,20?,21-,22?,23+,24-;/m1./s1. The number of fused-ring (bicyclic) bond motifs is 5. The summed E-state index contributed by atoms with van der Waals surface area (Å²) in [4.78, 5) is 0. The Labute approximate surface area is 211 Å². The van der Waals surface area contributed by atoms with Crippen LogP contribution in [-0.2, 0) is 14.6 Å². The quantitative estimate of drug-likeness (QED) is 0.281. The van der Waals surface area contributed by atoms with E-state index in [1.54, 1.807) is 0 Å². The Balaban J connectivity index is 0.00000272. The number of hydrogen-bond donors (Lipinski definition) is 1. The van der Waals surface area contributed by atoms with Gasteiger partial charge < -0.3 is 9.66 Å². The van der Waals surface area contributed by atoms with Crippen LogP contribution in [0.4, 0.5) is 0 Å². The maximum absolute atomic E-state index is 11.3. The zero-order valence-electron chi connectivity index (χ0n) is 20.0. The predicted octanol–water partition coefficient (Wildman–Crippen LogP) is 1.90. The van der Waals surface area contributed by atoms with Crippen LogP contribution in [0.15, 0.2) is 0 Å². The molecule has 4 fully saturated rings. The van der Waals surface area contributed by atoms with Gasteiger partial charge in [0.25, 0.3) is 0 Å². The van der Waals surface area contributed by atoms with Crippen molar-refractivity contribution in [2.45, 2.75) is 97.5 Å². The Bertz CT molecular complexity index is 729. The van der Waals surface area contributed by atoms with Crippen molar-refractivity contribution in [2.24, 2.45) is 46.3 Å².